The molecule has 5 heteroatoms. The summed E-state index contributed by atoms with van der Waals surface area (Å²) >= 11 is 0. The Balaban J connectivity index is 1.51. The maximum atomic E-state index is 13.7. The first kappa shape index (κ1) is 22.5. The molecule has 176 valence electrons. The molecule has 2 saturated heterocycles. The summed E-state index contributed by atoms with van der Waals surface area (Å²) in [4.78, 5) is 12.4. The molecular weight excluding hydrogens is 415 g/mol. The maximum Gasteiger partial charge on any atom is 0.217 e. The van der Waals surface area contributed by atoms with Crippen molar-refractivity contribution in [3.63, 3.8) is 0 Å². The van der Waals surface area contributed by atoms with Crippen molar-refractivity contribution in [1.29, 1.82) is 0 Å². The number of ether oxygens (including phenoxy) is 1. The Hall–Kier alpha value is -2.24. The van der Waals surface area contributed by atoms with Crippen molar-refractivity contribution >= 4 is 5.91 Å². The van der Waals surface area contributed by atoms with E-state index >= 15 is 0 Å². The Morgan fingerprint density at radius 2 is 1.82 bits per heavy atom. The molecule has 5 rings (SSSR count). The van der Waals surface area contributed by atoms with E-state index in [0.717, 1.165) is 36.0 Å². The van der Waals surface area contributed by atoms with E-state index in [2.05, 4.69) is 55.7 Å². The van der Waals surface area contributed by atoms with Crippen molar-refractivity contribution in [2.24, 2.45) is 17.8 Å². The van der Waals surface area contributed by atoms with Gasteiger partial charge in [0.2, 0.25) is 5.91 Å². The lowest BCUT2D eigenvalue weighted by atomic mass is 9.52. The van der Waals surface area contributed by atoms with E-state index in [1.165, 1.54) is 6.07 Å². The lowest BCUT2D eigenvalue weighted by Crippen LogP contribution is -2.73. The zero-order chi connectivity index (χ0) is 23.4. The van der Waals surface area contributed by atoms with Gasteiger partial charge < -0.3 is 15.4 Å². The fraction of sp³-hybridized carbons (Fsp3) is 0.536. The lowest BCUT2D eigenvalue weighted by Gasteiger charge is -2.63. The molecule has 33 heavy (non-hydrogen) atoms. The minimum absolute atomic E-state index is 0.0394. The molecule has 0 aromatic heterocycles. The van der Waals surface area contributed by atoms with Crippen LogP contribution in [0, 0.1) is 23.6 Å². The van der Waals surface area contributed by atoms with Gasteiger partial charge in [-0.1, -0.05) is 36.4 Å². The van der Waals surface area contributed by atoms with E-state index in [0.29, 0.717) is 24.5 Å². The number of hydrogen-bond donors (Lipinski definition) is 2. The first-order valence-electron chi connectivity index (χ1n) is 12.2. The van der Waals surface area contributed by atoms with E-state index in [9.17, 15) is 9.18 Å². The molecule has 1 amide bonds. The number of benzene rings is 2. The Kier molecular flexibility index (Phi) is 5.61. The number of piperidine rings is 1. The third-order valence-electron chi connectivity index (χ3n) is 8.61. The topological polar surface area (TPSA) is 50.4 Å². The Morgan fingerprint density at radius 1 is 1.09 bits per heavy atom. The average Bonchev–Trinajstić information content (AvgIpc) is 2.76. The second-order valence-electron chi connectivity index (χ2n) is 10.9. The standard InChI is InChI=1S/C28H35FN2O2/c1-17-24-15-22(27(3,4)30-17)16-25-26(33-13-12-28(24,25)31-18(2)32)20-10-8-19(9-11-20)21-6-5-7-23(29)14-21/h5-11,14,17,22,24-26,30H,12-13,15-16H2,1-4H3,(H,31,32)/t17-,22?,24?,25+,26+,28+/m1/s1. The predicted molar refractivity (Wildman–Crippen MR) is 128 cm³/mol. The number of nitrogens with one attached hydrogen (secondary N) is 2. The molecule has 4 nitrogen and oxygen atoms in total. The van der Waals surface area contributed by atoms with Crippen LogP contribution >= 0.6 is 0 Å². The van der Waals surface area contributed by atoms with Gasteiger partial charge >= 0.3 is 0 Å². The third kappa shape index (κ3) is 3.89. The highest BCUT2D eigenvalue weighted by atomic mass is 19.1. The molecule has 6 atom stereocenters. The van der Waals surface area contributed by atoms with Crippen LogP contribution in [0.3, 0.4) is 0 Å². The summed E-state index contributed by atoms with van der Waals surface area (Å²) < 4.78 is 20.1. The average molecular weight is 451 g/mol. The van der Waals surface area contributed by atoms with Crippen molar-refractivity contribution < 1.29 is 13.9 Å². The zero-order valence-corrected chi connectivity index (χ0v) is 20.0. The highest BCUT2D eigenvalue weighted by molar-refractivity contribution is 5.74. The fourth-order valence-corrected chi connectivity index (χ4v) is 7.12. The normalized spacial score (nSPS) is 34.9. The van der Waals surface area contributed by atoms with E-state index < -0.39 is 0 Å². The number of halogens is 1. The molecule has 2 aliphatic heterocycles. The number of amides is 1. The van der Waals surface area contributed by atoms with Gasteiger partial charge in [-0.2, -0.15) is 0 Å². The molecule has 0 radical (unpaired) electrons. The minimum atomic E-state index is -0.268. The van der Waals surface area contributed by atoms with Crippen LogP contribution in [0.15, 0.2) is 48.5 Å². The largest absolute Gasteiger partial charge is 0.373 e. The number of carbonyl (C=O) groups is 1. The van der Waals surface area contributed by atoms with Gasteiger partial charge in [-0.15, -0.1) is 0 Å². The minimum Gasteiger partial charge on any atom is -0.373 e. The Morgan fingerprint density at radius 3 is 2.52 bits per heavy atom. The van der Waals surface area contributed by atoms with Gasteiger partial charge in [0, 0.05) is 31.0 Å². The van der Waals surface area contributed by atoms with Crippen LogP contribution in [0.4, 0.5) is 4.39 Å². The molecule has 2 unspecified atom stereocenters. The molecule has 1 saturated carbocycles. The predicted octanol–water partition coefficient (Wildman–Crippen LogP) is 5.24. The summed E-state index contributed by atoms with van der Waals surface area (Å²) in [6, 6.07) is 15.4. The van der Waals surface area contributed by atoms with Crippen molar-refractivity contribution in [2.75, 3.05) is 6.61 Å². The van der Waals surface area contributed by atoms with Crippen LogP contribution in [-0.4, -0.2) is 29.6 Å². The van der Waals surface area contributed by atoms with Crippen LogP contribution in [0.25, 0.3) is 11.1 Å². The summed E-state index contributed by atoms with van der Waals surface area (Å²) in [6.07, 6.45) is 2.92. The van der Waals surface area contributed by atoms with Gasteiger partial charge in [0.1, 0.15) is 5.82 Å². The third-order valence-corrected chi connectivity index (χ3v) is 8.61. The van der Waals surface area contributed by atoms with Gasteiger partial charge in [0.15, 0.2) is 0 Å². The summed E-state index contributed by atoms with van der Waals surface area (Å²) in [5.74, 6) is 0.921. The fourth-order valence-electron chi connectivity index (χ4n) is 7.12. The van der Waals surface area contributed by atoms with E-state index in [-0.39, 0.29) is 34.8 Å². The summed E-state index contributed by atoms with van der Waals surface area (Å²) in [5.41, 5.74) is 2.78. The molecule has 2 bridgehead atoms. The van der Waals surface area contributed by atoms with Gasteiger partial charge in [-0.25, -0.2) is 4.39 Å². The second-order valence-corrected chi connectivity index (χ2v) is 10.9. The molecule has 0 spiro atoms. The van der Waals surface area contributed by atoms with Crippen molar-refractivity contribution in [3.8, 4) is 11.1 Å². The van der Waals surface area contributed by atoms with E-state index in [4.69, 9.17) is 4.74 Å². The maximum absolute atomic E-state index is 13.7. The number of carbonyl (C=O) groups excluding carboxylic acids is 1. The number of hydrogen-bond acceptors (Lipinski definition) is 3. The second kappa shape index (κ2) is 8.21. The molecule has 2 heterocycles. The van der Waals surface area contributed by atoms with Crippen LogP contribution in [0.5, 0.6) is 0 Å². The lowest BCUT2D eigenvalue weighted by molar-refractivity contribution is -0.160. The molecule has 3 fully saturated rings. The monoisotopic (exact) mass is 450 g/mol. The molecule has 1 aliphatic carbocycles. The van der Waals surface area contributed by atoms with Crippen LogP contribution < -0.4 is 10.6 Å². The molecule has 2 aromatic carbocycles. The van der Waals surface area contributed by atoms with E-state index in [1.54, 1.807) is 19.1 Å². The summed E-state index contributed by atoms with van der Waals surface area (Å²) in [7, 11) is 0. The first-order valence-corrected chi connectivity index (χ1v) is 12.2. The molecule has 2 aromatic rings. The van der Waals surface area contributed by atoms with Gasteiger partial charge in [-0.3, -0.25) is 4.79 Å². The number of fused-ring (bicyclic) bond motifs is 4. The highest BCUT2D eigenvalue weighted by Gasteiger charge is 2.60. The Labute approximate surface area is 196 Å². The molecule has 3 aliphatic rings. The van der Waals surface area contributed by atoms with Crippen LogP contribution in [-0.2, 0) is 9.53 Å². The smallest absolute Gasteiger partial charge is 0.217 e. The van der Waals surface area contributed by atoms with Gasteiger partial charge in [0.05, 0.1) is 11.6 Å². The van der Waals surface area contributed by atoms with Gasteiger partial charge in [0.25, 0.3) is 0 Å². The van der Waals surface area contributed by atoms with Crippen molar-refractivity contribution in [2.45, 2.75) is 70.2 Å². The Bertz CT molecular complexity index is 1040. The van der Waals surface area contributed by atoms with Crippen molar-refractivity contribution in [3.05, 3.63) is 59.9 Å². The van der Waals surface area contributed by atoms with Crippen LogP contribution in [0.2, 0.25) is 0 Å². The quantitative estimate of drug-likeness (QED) is 0.672. The first-order chi connectivity index (χ1) is 15.7. The van der Waals surface area contributed by atoms with Crippen molar-refractivity contribution in [1.82, 2.24) is 10.6 Å². The summed E-state index contributed by atoms with van der Waals surface area (Å²) in [5, 5.41) is 7.30. The zero-order valence-electron chi connectivity index (χ0n) is 20.0. The van der Waals surface area contributed by atoms with Gasteiger partial charge in [-0.05, 0) is 80.7 Å². The van der Waals surface area contributed by atoms with E-state index in [1.807, 2.05) is 6.07 Å². The number of rotatable bonds is 3. The summed E-state index contributed by atoms with van der Waals surface area (Å²) in [6.45, 7) is 9.16. The molecule has 2 N–H and O–H groups in total. The molecular formula is C28H35FN2O2. The highest BCUT2D eigenvalue weighted by Crippen LogP contribution is 2.56. The van der Waals surface area contributed by atoms with Crippen LogP contribution in [0.1, 0.15) is 58.6 Å². The SMILES string of the molecule is CC(=O)N[C@]12CCO[C@@H](c3ccc(-c4cccc(F)c4)cc3)[C@@H]1CC1CC2[C@@H](C)NC1(C)C.